The van der Waals surface area contributed by atoms with Crippen LogP contribution in [0.1, 0.15) is 57.0 Å². The highest BCUT2D eigenvalue weighted by Gasteiger charge is 2.39. The van der Waals surface area contributed by atoms with E-state index in [-0.39, 0.29) is 6.09 Å². The Bertz CT molecular complexity index is 1760. The molecule has 0 unspecified atom stereocenters. The first-order chi connectivity index (χ1) is 21.7. The zero-order valence-electron chi connectivity index (χ0n) is 26.3. The largest absolute Gasteiger partial charge is 0.497 e. The molecular formula is C34H36F3N5O4. The van der Waals surface area contributed by atoms with Crippen molar-refractivity contribution in [1.82, 2.24) is 25.0 Å². The van der Waals surface area contributed by atoms with Crippen molar-refractivity contribution in [3.63, 3.8) is 0 Å². The normalized spacial score (nSPS) is 14.5. The molecule has 0 fully saturated rings. The van der Waals surface area contributed by atoms with Gasteiger partial charge in [-0.3, -0.25) is 4.79 Å². The monoisotopic (exact) mass is 635 g/mol. The standard InChI is InChI=1S/C34H36F3N5O4/c1-21(39-31(43)34(35,36)37)23-8-10-24(11-9-23)27-14-17-38-30-28(27)29(40-42(30)20-22-6-12-26(45-5)13-7-22)25-15-18-41(19-16-25)32(44)46-33(2,3)4/h6-15,17,21H,16,18-20H2,1-5H3,(H,39,43)/t21-/m1/s1. The number of nitrogens with one attached hydrogen (secondary N) is 1. The molecule has 1 N–H and O–H groups in total. The van der Waals surface area contributed by atoms with Crippen molar-refractivity contribution in [2.45, 2.75) is 58.5 Å². The van der Waals surface area contributed by atoms with Crippen LogP contribution >= 0.6 is 0 Å². The summed E-state index contributed by atoms with van der Waals surface area (Å²) in [5.41, 5.74) is 4.94. The molecule has 1 aliphatic heterocycles. The number of nitrogens with zero attached hydrogens (tertiary/aromatic N) is 4. The van der Waals surface area contributed by atoms with Crippen LogP contribution in [-0.4, -0.2) is 63.6 Å². The molecule has 2 aromatic carbocycles. The Hall–Kier alpha value is -4.87. The van der Waals surface area contributed by atoms with E-state index in [2.05, 4.69) is 0 Å². The second-order valence-corrected chi connectivity index (χ2v) is 12.1. The van der Waals surface area contributed by atoms with Gasteiger partial charge in [-0.05, 0) is 80.1 Å². The van der Waals surface area contributed by atoms with Crippen LogP contribution in [0, 0.1) is 0 Å². The highest BCUT2D eigenvalue weighted by atomic mass is 19.4. The molecule has 12 heteroatoms. The molecule has 242 valence electrons. The van der Waals surface area contributed by atoms with Gasteiger partial charge in [0.1, 0.15) is 11.4 Å². The van der Waals surface area contributed by atoms with E-state index in [9.17, 15) is 22.8 Å². The fraction of sp³-hybridized carbons (Fsp3) is 0.353. The fourth-order valence-electron chi connectivity index (χ4n) is 5.27. The number of aromatic nitrogens is 3. The van der Waals surface area contributed by atoms with Crippen molar-refractivity contribution < 1.29 is 32.2 Å². The molecule has 46 heavy (non-hydrogen) atoms. The van der Waals surface area contributed by atoms with Crippen molar-refractivity contribution in [2.75, 3.05) is 20.2 Å². The smallest absolute Gasteiger partial charge is 0.471 e. The minimum atomic E-state index is -4.96. The predicted octanol–water partition coefficient (Wildman–Crippen LogP) is 6.92. The quantitative estimate of drug-likeness (QED) is 0.237. The Balaban J connectivity index is 1.52. The first kappa shape index (κ1) is 32.5. The number of pyridine rings is 1. The van der Waals surface area contributed by atoms with Gasteiger partial charge in [0.05, 0.1) is 30.8 Å². The lowest BCUT2D eigenvalue weighted by Gasteiger charge is -2.29. The molecule has 5 rings (SSSR count). The van der Waals surface area contributed by atoms with Gasteiger partial charge in [0, 0.05) is 19.3 Å². The molecule has 1 atom stereocenters. The van der Waals surface area contributed by atoms with Crippen LogP contribution in [0.4, 0.5) is 18.0 Å². The lowest BCUT2D eigenvalue weighted by Crippen LogP contribution is -2.39. The van der Waals surface area contributed by atoms with Crippen LogP contribution in [0.15, 0.2) is 66.9 Å². The molecule has 3 heterocycles. The molecule has 0 bridgehead atoms. The van der Waals surface area contributed by atoms with Gasteiger partial charge < -0.3 is 19.7 Å². The summed E-state index contributed by atoms with van der Waals surface area (Å²) < 4.78 is 51.1. The van der Waals surface area contributed by atoms with Crippen LogP contribution in [0.5, 0.6) is 5.75 Å². The molecule has 1 aliphatic rings. The lowest BCUT2D eigenvalue weighted by molar-refractivity contribution is -0.174. The molecule has 0 aliphatic carbocycles. The number of hydrogen-bond donors (Lipinski definition) is 1. The number of ether oxygens (including phenoxy) is 2. The second-order valence-electron chi connectivity index (χ2n) is 12.1. The van der Waals surface area contributed by atoms with Gasteiger partial charge in [0.2, 0.25) is 0 Å². The number of alkyl halides is 3. The van der Waals surface area contributed by atoms with E-state index in [1.165, 1.54) is 6.92 Å². The minimum Gasteiger partial charge on any atom is -0.497 e. The summed E-state index contributed by atoms with van der Waals surface area (Å²) in [5.74, 6) is -1.24. The fourth-order valence-corrected chi connectivity index (χ4v) is 5.27. The summed E-state index contributed by atoms with van der Waals surface area (Å²) in [5, 5.41) is 7.85. The molecule has 2 amide bonds. The van der Waals surface area contributed by atoms with Crippen molar-refractivity contribution in [3.05, 3.63) is 83.7 Å². The minimum absolute atomic E-state index is 0.364. The Morgan fingerprint density at radius 3 is 2.30 bits per heavy atom. The summed E-state index contributed by atoms with van der Waals surface area (Å²) in [6.45, 7) is 8.26. The summed E-state index contributed by atoms with van der Waals surface area (Å²) in [6.07, 6.45) is -1.10. The Morgan fingerprint density at radius 2 is 1.72 bits per heavy atom. The first-order valence-electron chi connectivity index (χ1n) is 14.9. The molecular weight excluding hydrogens is 599 g/mol. The van der Waals surface area contributed by atoms with E-state index in [4.69, 9.17) is 19.6 Å². The zero-order valence-corrected chi connectivity index (χ0v) is 26.3. The van der Waals surface area contributed by atoms with E-state index in [1.54, 1.807) is 30.3 Å². The molecule has 2 aromatic heterocycles. The Labute approximate surface area is 265 Å². The van der Waals surface area contributed by atoms with E-state index in [1.807, 2.05) is 79.3 Å². The van der Waals surface area contributed by atoms with Crippen LogP contribution in [0.3, 0.4) is 0 Å². The van der Waals surface area contributed by atoms with Gasteiger partial charge in [-0.15, -0.1) is 0 Å². The average Bonchev–Trinajstić information content (AvgIpc) is 3.38. The van der Waals surface area contributed by atoms with Crippen molar-refractivity contribution >= 4 is 28.6 Å². The maximum absolute atomic E-state index is 12.8. The van der Waals surface area contributed by atoms with Crippen LogP contribution < -0.4 is 10.1 Å². The van der Waals surface area contributed by atoms with Crippen molar-refractivity contribution in [2.24, 2.45) is 0 Å². The average molecular weight is 636 g/mol. The van der Waals surface area contributed by atoms with Crippen LogP contribution in [0.2, 0.25) is 0 Å². The van der Waals surface area contributed by atoms with Gasteiger partial charge >= 0.3 is 18.2 Å². The highest BCUT2D eigenvalue weighted by Crippen LogP contribution is 2.36. The maximum Gasteiger partial charge on any atom is 0.471 e. The van der Waals surface area contributed by atoms with E-state index in [0.29, 0.717) is 37.3 Å². The van der Waals surface area contributed by atoms with Gasteiger partial charge in [0.25, 0.3) is 0 Å². The van der Waals surface area contributed by atoms with Crippen molar-refractivity contribution in [3.8, 4) is 16.9 Å². The van der Waals surface area contributed by atoms with E-state index < -0.39 is 23.7 Å². The third-order valence-electron chi connectivity index (χ3n) is 7.62. The third-order valence-corrected chi connectivity index (χ3v) is 7.62. The molecule has 9 nitrogen and oxygen atoms in total. The van der Waals surface area contributed by atoms with Gasteiger partial charge in [-0.1, -0.05) is 42.5 Å². The Kier molecular flexibility index (Phi) is 9.09. The number of carbonyl (C=O) groups is 2. The van der Waals surface area contributed by atoms with Gasteiger partial charge in [0.15, 0.2) is 5.65 Å². The Morgan fingerprint density at radius 1 is 1.02 bits per heavy atom. The summed E-state index contributed by atoms with van der Waals surface area (Å²) in [7, 11) is 1.61. The lowest BCUT2D eigenvalue weighted by atomic mass is 9.96. The number of amides is 2. The van der Waals surface area contributed by atoms with Gasteiger partial charge in [-0.25, -0.2) is 14.5 Å². The van der Waals surface area contributed by atoms with Gasteiger partial charge in [-0.2, -0.15) is 18.3 Å². The molecule has 0 saturated carbocycles. The molecule has 4 aromatic rings. The first-order valence-corrected chi connectivity index (χ1v) is 14.9. The predicted molar refractivity (Wildman–Crippen MR) is 168 cm³/mol. The second kappa shape index (κ2) is 12.9. The van der Waals surface area contributed by atoms with E-state index >= 15 is 0 Å². The number of fused-ring (bicyclic) bond motifs is 1. The number of rotatable bonds is 7. The van der Waals surface area contributed by atoms with E-state index in [0.717, 1.165) is 39.1 Å². The number of methoxy groups -OCH3 is 1. The number of hydrogen-bond acceptors (Lipinski definition) is 6. The maximum atomic E-state index is 12.8. The molecule has 0 spiro atoms. The zero-order chi connectivity index (χ0) is 33.2. The number of carbonyl (C=O) groups excluding carboxylic acids is 2. The third kappa shape index (κ3) is 7.32. The van der Waals surface area contributed by atoms with Crippen LogP contribution in [0.25, 0.3) is 27.7 Å². The highest BCUT2D eigenvalue weighted by molar-refractivity contribution is 6.00. The van der Waals surface area contributed by atoms with Crippen LogP contribution in [-0.2, 0) is 16.1 Å². The molecule has 0 radical (unpaired) electrons. The summed E-state index contributed by atoms with van der Waals surface area (Å²) >= 11 is 0. The number of halogens is 3. The summed E-state index contributed by atoms with van der Waals surface area (Å²) in [4.78, 5) is 30.5. The van der Waals surface area contributed by atoms with Crippen molar-refractivity contribution in [1.29, 1.82) is 0 Å². The SMILES string of the molecule is COc1ccc(Cn2nc(C3=CCN(C(=O)OC(C)(C)C)CC3)c3c(-c4ccc([C@@H](C)NC(=O)C(F)(F)F)cc4)ccnc32)cc1. The topological polar surface area (TPSA) is 98.6 Å². The molecule has 0 saturated heterocycles. The summed E-state index contributed by atoms with van der Waals surface area (Å²) in [6, 6.07) is 15.7. The number of benzene rings is 2.